The molecule has 0 spiro atoms. The van der Waals surface area contributed by atoms with Crippen LogP contribution >= 0.6 is 0 Å². The van der Waals surface area contributed by atoms with E-state index < -0.39 is 10.0 Å². The molecule has 0 radical (unpaired) electrons. The van der Waals surface area contributed by atoms with E-state index in [-0.39, 0.29) is 48.4 Å². The smallest absolute Gasteiger partial charge is 0.246 e. The number of nitrogens with zero attached hydrogens (tertiary/aromatic N) is 1. The van der Waals surface area contributed by atoms with Crippen LogP contribution in [0, 0.1) is 0 Å². The zero-order chi connectivity index (χ0) is 21.3. The van der Waals surface area contributed by atoms with Crippen molar-refractivity contribution >= 4 is 27.5 Å². The molecular formula is C19H29N3O6S. The molecule has 162 valence electrons. The number of nitrogens with one attached hydrogen (secondary N) is 2. The molecule has 2 N–H and O–H groups in total. The highest BCUT2D eigenvalue weighted by Crippen LogP contribution is 2.30. The van der Waals surface area contributed by atoms with Crippen LogP contribution in [0.2, 0.25) is 0 Å². The summed E-state index contributed by atoms with van der Waals surface area (Å²) in [4.78, 5) is 23.8. The van der Waals surface area contributed by atoms with Gasteiger partial charge in [-0.1, -0.05) is 6.92 Å². The minimum atomic E-state index is -3.80. The number of benzene rings is 1. The molecule has 9 nitrogen and oxygen atoms in total. The van der Waals surface area contributed by atoms with Crippen LogP contribution in [0.5, 0.6) is 5.75 Å². The van der Waals surface area contributed by atoms with E-state index in [1.54, 1.807) is 13.0 Å². The predicted molar refractivity (Wildman–Crippen MR) is 108 cm³/mol. The highest BCUT2D eigenvalue weighted by Gasteiger charge is 2.29. The van der Waals surface area contributed by atoms with Gasteiger partial charge in [0.25, 0.3) is 0 Å². The number of anilines is 1. The minimum absolute atomic E-state index is 0.000242. The molecule has 1 aliphatic heterocycles. The van der Waals surface area contributed by atoms with Gasteiger partial charge in [0.2, 0.25) is 21.8 Å². The topological polar surface area (TPSA) is 114 Å². The van der Waals surface area contributed by atoms with Crippen LogP contribution < -0.4 is 15.4 Å². The third kappa shape index (κ3) is 6.69. The van der Waals surface area contributed by atoms with E-state index >= 15 is 0 Å². The van der Waals surface area contributed by atoms with Crippen LogP contribution in [0.4, 0.5) is 5.69 Å². The Kier molecular flexibility index (Phi) is 8.87. The second-order valence-corrected chi connectivity index (χ2v) is 8.42. The lowest BCUT2D eigenvalue weighted by Crippen LogP contribution is -2.40. The first kappa shape index (κ1) is 23.1. The number of ether oxygens (including phenoxy) is 2. The maximum absolute atomic E-state index is 13.1. The zero-order valence-corrected chi connectivity index (χ0v) is 17.7. The van der Waals surface area contributed by atoms with Crippen LogP contribution in [-0.4, -0.2) is 64.0 Å². The van der Waals surface area contributed by atoms with Crippen molar-refractivity contribution in [1.82, 2.24) is 9.62 Å². The third-order valence-corrected chi connectivity index (χ3v) is 6.19. The fourth-order valence-electron chi connectivity index (χ4n) is 2.79. The Labute approximate surface area is 171 Å². The third-order valence-electron chi connectivity index (χ3n) is 4.27. The average Bonchev–Trinajstić information content (AvgIpc) is 2.72. The van der Waals surface area contributed by atoms with Crippen molar-refractivity contribution in [3.8, 4) is 5.75 Å². The number of amides is 2. The van der Waals surface area contributed by atoms with E-state index in [2.05, 4.69) is 10.6 Å². The summed E-state index contributed by atoms with van der Waals surface area (Å²) in [5.41, 5.74) is 0.333. The van der Waals surface area contributed by atoms with Gasteiger partial charge in [0.15, 0.2) is 0 Å². The van der Waals surface area contributed by atoms with E-state index in [9.17, 15) is 18.0 Å². The lowest BCUT2D eigenvalue weighted by molar-refractivity contribution is -0.124. The van der Waals surface area contributed by atoms with Crippen LogP contribution in [0.1, 0.15) is 33.1 Å². The Hall–Kier alpha value is -2.17. The van der Waals surface area contributed by atoms with E-state index in [0.717, 1.165) is 6.42 Å². The first-order valence-corrected chi connectivity index (χ1v) is 11.2. The van der Waals surface area contributed by atoms with Crippen molar-refractivity contribution in [2.75, 3.05) is 44.8 Å². The number of sulfonamides is 1. The van der Waals surface area contributed by atoms with Crippen molar-refractivity contribution in [2.45, 2.75) is 38.0 Å². The Balaban J connectivity index is 2.13. The van der Waals surface area contributed by atoms with E-state index in [0.29, 0.717) is 32.1 Å². The van der Waals surface area contributed by atoms with Crippen molar-refractivity contribution in [3.63, 3.8) is 0 Å². The Bertz CT molecular complexity index is 806. The van der Waals surface area contributed by atoms with Gasteiger partial charge in [-0.3, -0.25) is 9.59 Å². The van der Waals surface area contributed by atoms with Crippen molar-refractivity contribution in [2.24, 2.45) is 0 Å². The number of hydrogen-bond donors (Lipinski definition) is 2. The molecule has 1 aliphatic rings. The lowest BCUT2D eigenvalue weighted by atomic mass is 10.2. The van der Waals surface area contributed by atoms with Gasteiger partial charge in [0.1, 0.15) is 10.6 Å². The molecule has 0 aromatic heterocycles. The molecule has 1 saturated heterocycles. The molecule has 29 heavy (non-hydrogen) atoms. The fraction of sp³-hybridized carbons (Fsp3) is 0.579. The molecule has 0 atom stereocenters. The maximum Gasteiger partial charge on any atom is 0.246 e. The summed E-state index contributed by atoms with van der Waals surface area (Å²) >= 11 is 0. The molecule has 1 heterocycles. The summed E-state index contributed by atoms with van der Waals surface area (Å²) in [5.74, 6) is -0.323. The molecule has 0 saturated carbocycles. The summed E-state index contributed by atoms with van der Waals surface area (Å²) in [5, 5.41) is 5.36. The minimum Gasteiger partial charge on any atom is -0.492 e. The monoisotopic (exact) mass is 427 g/mol. The second kappa shape index (κ2) is 11.1. The zero-order valence-electron chi connectivity index (χ0n) is 16.9. The average molecular weight is 428 g/mol. The molecular weight excluding hydrogens is 398 g/mol. The number of morpholine rings is 1. The van der Waals surface area contributed by atoms with Gasteiger partial charge in [-0.15, -0.1) is 0 Å². The summed E-state index contributed by atoms with van der Waals surface area (Å²) in [6, 6.07) is 4.50. The molecule has 0 aliphatic carbocycles. The van der Waals surface area contributed by atoms with Crippen LogP contribution in [0.3, 0.4) is 0 Å². The number of hydrogen-bond acceptors (Lipinski definition) is 6. The standard InChI is InChI=1S/C19H29N3O6S/c1-3-9-20-18(23)7-8-19(24)21-15-5-6-16(28-4-2)17(14-15)29(25,26)22-10-12-27-13-11-22/h5-6,14H,3-4,7-13H2,1-2H3,(H,20,23)(H,21,24). The van der Waals surface area contributed by atoms with Gasteiger partial charge in [-0.25, -0.2) is 8.42 Å². The van der Waals surface area contributed by atoms with Crippen LogP contribution in [0.25, 0.3) is 0 Å². The van der Waals surface area contributed by atoms with E-state index in [1.807, 2.05) is 6.92 Å². The van der Waals surface area contributed by atoms with Gasteiger partial charge in [0, 0.05) is 38.2 Å². The Morgan fingerprint density at radius 2 is 1.83 bits per heavy atom. The molecule has 1 aromatic rings. The van der Waals surface area contributed by atoms with Gasteiger partial charge in [-0.2, -0.15) is 4.31 Å². The quantitative estimate of drug-likeness (QED) is 0.583. The van der Waals surface area contributed by atoms with Crippen LogP contribution in [-0.2, 0) is 24.3 Å². The molecule has 10 heteroatoms. The van der Waals surface area contributed by atoms with Crippen molar-refractivity contribution in [1.29, 1.82) is 0 Å². The van der Waals surface area contributed by atoms with Gasteiger partial charge in [0.05, 0.1) is 19.8 Å². The highest BCUT2D eigenvalue weighted by molar-refractivity contribution is 7.89. The summed E-state index contributed by atoms with van der Waals surface area (Å²) < 4.78 is 38.2. The number of rotatable bonds is 10. The highest BCUT2D eigenvalue weighted by atomic mass is 32.2. The Morgan fingerprint density at radius 1 is 1.14 bits per heavy atom. The molecule has 0 bridgehead atoms. The van der Waals surface area contributed by atoms with Gasteiger partial charge >= 0.3 is 0 Å². The van der Waals surface area contributed by atoms with Crippen molar-refractivity contribution in [3.05, 3.63) is 18.2 Å². The van der Waals surface area contributed by atoms with Crippen molar-refractivity contribution < 1.29 is 27.5 Å². The van der Waals surface area contributed by atoms with Gasteiger partial charge in [-0.05, 0) is 31.5 Å². The SMILES string of the molecule is CCCNC(=O)CCC(=O)Nc1ccc(OCC)c(S(=O)(=O)N2CCOCC2)c1. The molecule has 0 unspecified atom stereocenters. The number of carbonyl (C=O) groups is 2. The largest absolute Gasteiger partial charge is 0.492 e. The maximum atomic E-state index is 13.1. The predicted octanol–water partition coefficient (Wildman–Crippen LogP) is 1.35. The molecule has 2 rings (SSSR count). The van der Waals surface area contributed by atoms with Gasteiger partial charge < -0.3 is 20.1 Å². The first-order chi connectivity index (χ1) is 13.9. The summed E-state index contributed by atoms with van der Waals surface area (Å²) in [6.07, 6.45) is 0.903. The lowest BCUT2D eigenvalue weighted by Gasteiger charge is -2.27. The first-order valence-electron chi connectivity index (χ1n) is 9.79. The number of carbonyl (C=O) groups excluding carboxylic acids is 2. The summed E-state index contributed by atoms with van der Waals surface area (Å²) in [6.45, 7) is 5.78. The Morgan fingerprint density at radius 3 is 2.48 bits per heavy atom. The molecule has 1 aromatic carbocycles. The molecule has 2 amide bonds. The van der Waals surface area contributed by atoms with Crippen LogP contribution in [0.15, 0.2) is 23.1 Å². The molecule has 1 fully saturated rings. The van der Waals surface area contributed by atoms with E-state index in [4.69, 9.17) is 9.47 Å². The fourth-order valence-corrected chi connectivity index (χ4v) is 4.36. The normalized spacial score (nSPS) is 15.0. The van der Waals surface area contributed by atoms with E-state index in [1.165, 1.54) is 16.4 Å². The second-order valence-electron chi connectivity index (χ2n) is 6.51. The summed E-state index contributed by atoms with van der Waals surface area (Å²) in [7, 11) is -3.80.